The lowest BCUT2D eigenvalue weighted by Gasteiger charge is -2.16. The van der Waals surface area contributed by atoms with Gasteiger partial charge < -0.3 is 16.0 Å². The molecule has 0 atom stereocenters. The van der Waals surface area contributed by atoms with Gasteiger partial charge in [0.25, 0.3) is 0 Å². The Morgan fingerprint density at radius 2 is 2.28 bits per heavy atom. The Morgan fingerprint density at radius 3 is 2.89 bits per heavy atom. The first kappa shape index (κ1) is 12.4. The summed E-state index contributed by atoms with van der Waals surface area (Å²) >= 11 is 0. The van der Waals surface area contributed by atoms with E-state index in [0.717, 1.165) is 12.0 Å². The van der Waals surface area contributed by atoms with Crippen LogP contribution in [0.3, 0.4) is 0 Å². The van der Waals surface area contributed by atoms with E-state index in [4.69, 9.17) is 5.73 Å². The molecule has 0 aromatic heterocycles. The number of anilines is 2. The van der Waals surface area contributed by atoms with Gasteiger partial charge in [0.05, 0.1) is 17.9 Å². The molecule has 0 unspecified atom stereocenters. The lowest BCUT2D eigenvalue weighted by molar-refractivity contribution is -0.131. The minimum absolute atomic E-state index is 0.0444. The van der Waals surface area contributed by atoms with Gasteiger partial charge in [-0.2, -0.15) is 0 Å². The lowest BCUT2D eigenvalue weighted by Crippen LogP contribution is -2.34. The summed E-state index contributed by atoms with van der Waals surface area (Å²) in [7, 11) is 0. The Kier molecular flexibility index (Phi) is 3.50. The Balaban J connectivity index is 2.01. The summed E-state index contributed by atoms with van der Waals surface area (Å²) in [5, 5.41) is 2.77. The highest BCUT2D eigenvalue weighted by Gasteiger charge is 2.22. The van der Waals surface area contributed by atoms with E-state index in [1.807, 2.05) is 19.1 Å². The average Bonchev–Trinajstić information content (AvgIpc) is 2.70. The van der Waals surface area contributed by atoms with Crippen molar-refractivity contribution in [1.82, 2.24) is 4.90 Å². The summed E-state index contributed by atoms with van der Waals surface area (Å²) in [6.45, 7) is 2.65. The van der Waals surface area contributed by atoms with Crippen LogP contribution in [0.15, 0.2) is 18.2 Å². The Hall–Kier alpha value is -2.04. The molecule has 5 heteroatoms. The van der Waals surface area contributed by atoms with Crippen LogP contribution in [0, 0.1) is 6.92 Å². The maximum Gasteiger partial charge on any atom is 0.244 e. The Labute approximate surface area is 106 Å². The topological polar surface area (TPSA) is 75.4 Å². The molecule has 1 aromatic carbocycles. The van der Waals surface area contributed by atoms with Crippen LogP contribution in [0.1, 0.15) is 18.4 Å². The van der Waals surface area contributed by atoms with E-state index >= 15 is 0 Å². The number of rotatable bonds is 3. The van der Waals surface area contributed by atoms with Crippen LogP contribution in [0.4, 0.5) is 11.4 Å². The summed E-state index contributed by atoms with van der Waals surface area (Å²) < 4.78 is 0. The van der Waals surface area contributed by atoms with E-state index < -0.39 is 0 Å². The number of hydrogen-bond acceptors (Lipinski definition) is 3. The zero-order valence-corrected chi connectivity index (χ0v) is 10.4. The van der Waals surface area contributed by atoms with Gasteiger partial charge in [0.15, 0.2) is 0 Å². The van der Waals surface area contributed by atoms with E-state index in [1.165, 1.54) is 0 Å². The first-order chi connectivity index (χ1) is 8.58. The van der Waals surface area contributed by atoms with Crippen LogP contribution in [0.2, 0.25) is 0 Å². The molecule has 1 aliphatic heterocycles. The van der Waals surface area contributed by atoms with Gasteiger partial charge >= 0.3 is 0 Å². The third-order valence-corrected chi connectivity index (χ3v) is 3.08. The standard InChI is InChI=1S/C13H17N3O2/c1-9-4-2-5-10(14)13(9)15-11(17)8-16-7-3-6-12(16)18/h2,4-5H,3,6-8,14H2,1H3,(H,15,17). The van der Waals surface area contributed by atoms with E-state index in [0.29, 0.717) is 24.3 Å². The highest BCUT2D eigenvalue weighted by atomic mass is 16.2. The summed E-state index contributed by atoms with van der Waals surface area (Å²) in [5.74, 6) is -0.158. The number of benzene rings is 1. The molecule has 1 heterocycles. The molecule has 96 valence electrons. The molecule has 3 N–H and O–H groups in total. The molecule has 2 amide bonds. The molecule has 0 spiro atoms. The van der Waals surface area contributed by atoms with Gasteiger partial charge in [-0.1, -0.05) is 12.1 Å². The Morgan fingerprint density at radius 1 is 1.50 bits per heavy atom. The number of amides is 2. The molecule has 5 nitrogen and oxygen atoms in total. The van der Waals surface area contributed by atoms with Crippen molar-refractivity contribution in [3.8, 4) is 0 Å². The van der Waals surface area contributed by atoms with Crippen LogP contribution in [-0.2, 0) is 9.59 Å². The summed E-state index contributed by atoms with van der Waals surface area (Å²) in [4.78, 5) is 24.8. The van der Waals surface area contributed by atoms with Crippen LogP contribution in [0.5, 0.6) is 0 Å². The van der Waals surface area contributed by atoms with Crippen molar-refractivity contribution in [2.24, 2.45) is 0 Å². The number of carbonyl (C=O) groups is 2. The smallest absolute Gasteiger partial charge is 0.244 e. The molecular weight excluding hydrogens is 230 g/mol. The number of carbonyl (C=O) groups excluding carboxylic acids is 2. The third kappa shape index (κ3) is 2.61. The molecule has 0 saturated carbocycles. The first-order valence-corrected chi connectivity index (χ1v) is 6.00. The van der Waals surface area contributed by atoms with Gasteiger partial charge in [0, 0.05) is 13.0 Å². The fourth-order valence-corrected chi connectivity index (χ4v) is 2.08. The molecule has 18 heavy (non-hydrogen) atoms. The van der Waals surface area contributed by atoms with Crippen LogP contribution >= 0.6 is 0 Å². The predicted molar refractivity (Wildman–Crippen MR) is 70.0 cm³/mol. The summed E-state index contributed by atoms with van der Waals surface area (Å²) in [6.07, 6.45) is 1.37. The maximum atomic E-state index is 11.9. The lowest BCUT2D eigenvalue weighted by atomic mass is 10.1. The molecular formula is C13H17N3O2. The van der Waals surface area contributed by atoms with E-state index in [1.54, 1.807) is 11.0 Å². The molecule has 0 bridgehead atoms. The minimum atomic E-state index is -0.203. The second-order valence-corrected chi connectivity index (χ2v) is 4.51. The van der Waals surface area contributed by atoms with Gasteiger partial charge in [-0.25, -0.2) is 0 Å². The number of nitrogens with two attached hydrogens (primary N) is 1. The number of para-hydroxylation sites is 1. The largest absolute Gasteiger partial charge is 0.397 e. The molecule has 1 aromatic rings. The van der Waals surface area contributed by atoms with Crippen LogP contribution < -0.4 is 11.1 Å². The molecule has 2 rings (SSSR count). The predicted octanol–water partition coefficient (Wildman–Crippen LogP) is 1.14. The highest BCUT2D eigenvalue weighted by Crippen LogP contribution is 2.22. The minimum Gasteiger partial charge on any atom is -0.397 e. The molecule has 0 radical (unpaired) electrons. The number of nitrogen functional groups attached to an aromatic ring is 1. The quantitative estimate of drug-likeness (QED) is 0.786. The summed E-state index contributed by atoms with van der Waals surface area (Å²) in [6, 6.07) is 5.46. The zero-order valence-electron chi connectivity index (χ0n) is 10.4. The first-order valence-electron chi connectivity index (χ1n) is 6.00. The fraction of sp³-hybridized carbons (Fsp3) is 0.385. The van der Waals surface area contributed by atoms with Gasteiger partial charge in [-0.05, 0) is 25.0 Å². The van der Waals surface area contributed by atoms with Gasteiger partial charge in [0.1, 0.15) is 0 Å². The van der Waals surface area contributed by atoms with Crippen molar-refractivity contribution in [2.75, 3.05) is 24.1 Å². The molecule has 1 fully saturated rings. The van der Waals surface area contributed by atoms with Crippen LogP contribution in [-0.4, -0.2) is 29.8 Å². The van der Waals surface area contributed by atoms with Crippen molar-refractivity contribution in [1.29, 1.82) is 0 Å². The van der Waals surface area contributed by atoms with Gasteiger partial charge in [-0.15, -0.1) is 0 Å². The van der Waals surface area contributed by atoms with Crippen molar-refractivity contribution in [3.63, 3.8) is 0 Å². The van der Waals surface area contributed by atoms with Crippen molar-refractivity contribution in [3.05, 3.63) is 23.8 Å². The normalized spacial score (nSPS) is 14.9. The maximum absolute atomic E-state index is 11.9. The number of nitrogens with one attached hydrogen (secondary N) is 1. The van der Waals surface area contributed by atoms with E-state index in [2.05, 4.69) is 5.32 Å². The number of likely N-dealkylation sites (tertiary alicyclic amines) is 1. The molecule has 0 aliphatic carbocycles. The van der Waals surface area contributed by atoms with Crippen LogP contribution in [0.25, 0.3) is 0 Å². The number of nitrogens with zero attached hydrogens (tertiary/aromatic N) is 1. The zero-order chi connectivity index (χ0) is 13.1. The van der Waals surface area contributed by atoms with Gasteiger partial charge in [-0.3, -0.25) is 9.59 Å². The SMILES string of the molecule is Cc1cccc(N)c1NC(=O)CN1CCCC1=O. The van der Waals surface area contributed by atoms with Crippen molar-refractivity contribution >= 4 is 23.2 Å². The van der Waals surface area contributed by atoms with Gasteiger partial charge in [0.2, 0.25) is 11.8 Å². The fourth-order valence-electron chi connectivity index (χ4n) is 2.08. The van der Waals surface area contributed by atoms with E-state index in [9.17, 15) is 9.59 Å². The highest BCUT2D eigenvalue weighted by molar-refractivity contribution is 5.97. The monoisotopic (exact) mass is 247 g/mol. The Bertz CT molecular complexity index is 465. The van der Waals surface area contributed by atoms with Crippen molar-refractivity contribution in [2.45, 2.75) is 19.8 Å². The third-order valence-electron chi connectivity index (χ3n) is 3.08. The second kappa shape index (κ2) is 5.08. The summed E-state index contributed by atoms with van der Waals surface area (Å²) in [5.41, 5.74) is 7.89. The average molecular weight is 247 g/mol. The second-order valence-electron chi connectivity index (χ2n) is 4.51. The molecule has 1 saturated heterocycles. The molecule has 1 aliphatic rings. The van der Waals surface area contributed by atoms with Crippen molar-refractivity contribution < 1.29 is 9.59 Å². The number of hydrogen-bond donors (Lipinski definition) is 2. The van der Waals surface area contributed by atoms with E-state index in [-0.39, 0.29) is 18.4 Å². The number of aryl methyl sites for hydroxylation is 1.